The second-order valence-electron chi connectivity index (χ2n) is 8.04. The molecule has 2 aromatic rings. The molecule has 0 bridgehead atoms. The fourth-order valence-corrected chi connectivity index (χ4v) is 4.45. The molecule has 1 N–H and O–H groups in total. The van der Waals surface area contributed by atoms with E-state index in [9.17, 15) is 14.0 Å². The Morgan fingerprint density at radius 3 is 2.39 bits per heavy atom. The van der Waals surface area contributed by atoms with Crippen molar-refractivity contribution in [2.75, 3.05) is 49.1 Å². The minimum absolute atomic E-state index is 0.0330. The van der Waals surface area contributed by atoms with Gasteiger partial charge < -0.3 is 10.2 Å². The Hall–Kier alpha value is -2.93. The van der Waals surface area contributed by atoms with Gasteiger partial charge in [0.05, 0.1) is 5.69 Å². The number of carbonyl (C=O) groups excluding carboxylic acids is 2. The zero-order chi connectivity index (χ0) is 21.8. The minimum atomic E-state index is -0.484. The lowest BCUT2D eigenvalue weighted by Crippen LogP contribution is -2.51. The molecule has 2 aliphatic rings. The first-order valence-corrected chi connectivity index (χ1v) is 11.0. The van der Waals surface area contributed by atoms with Crippen LogP contribution in [0.4, 0.5) is 15.8 Å². The van der Waals surface area contributed by atoms with Crippen molar-refractivity contribution in [2.45, 2.75) is 25.8 Å². The molecule has 0 spiro atoms. The van der Waals surface area contributed by atoms with Gasteiger partial charge in [-0.25, -0.2) is 4.39 Å². The highest BCUT2D eigenvalue weighted by Gasteiger charge is 2.37. The van der Waals surface area contributed by atoms with Crippen molar-refractivity contribution in [3.8, 4) is 0 Å². The molecule has 4 rings (SSSR count). The Kier molecular flexibility index (Phi) is 6.51. The number of fused-ring (bicyclic) bond motifs is 1. The van der Waals surface area contributed by atoms with Crippen LogP contribution in [0.2, 0.25) is 0 Å². The van der Waals surface area contributed by atoms with Crippen LogP contribution in [0.5, 0.6) is 0 Å². The summed E-state index contributed by atoms with van der Waals surface area (Å²) in [7, 11) is 0. The van der Waals surface area contributed by atoms with Gasteiger partial charge in [0.15, 0.2) is 0 Å². The van der Waals surface area contributed by atoms with Crippen molar-refractivity contribution >= 4 is 23.2 Å². The number of hydrogen-bond acceptors (Lipinski definition) is 4. The summed E-state index contributed by atoms with van der Waals surface area (Å²) in [5.41, 5.74) is 2.53. The molecule has 2 heterocycles. The van der Waals surface area contributed by atoms with Gasteiger partial charge in [-0.1, -0.05) is 37.3 Å². The van der Waals surface area contributed by atoms with E-state index < -0.39 is 6.04 Å². The topological polar surface area (TPSA) is 55.9 Å². The number of rotatable bonds is 6. The molecule has 0 aliphatic carbocycles. The Balaban J connectivity index is 1.27. The average Bonchev–Trinajstić information content (AvgIpc) is 3.19. The summed E-state index contributed by atoms with van der Waals surface area (Å²) in [6, 6.07) is 14.1. The Labute approximate surface area is 182 Å². The molecule has 7 heteroatoms. The third kappa shape index (κ3) is 4.56. The second kappa shape index (κ2) is 9.47. The predicted octanol–water partition coefficient (Wildman–Crippen LogP) is 2.43. The molecular weight excluding hydrogens is 395 g/mol. The van der Waals surface area contributed by atoms with E-state index in [-0.39, 0.29) is 17.6 Å². The second-order valence-corrected chi connectivity index (χ2v) is 8.04. The van der Waals surface area contributed by atoms with Crippen LogP contribution in [-0.4, -0.2) is 62.0 Å². The van der Waals surface area contributed by atoms with Crippen LogP contribution in [-0.2, 0) is 16.0 Å². The van der Waals surface area contributed by atoms with Gasteiger partial charge in [-0.05, 0) is 23.8 Å². The normalized spacial score (nSPS) is 18.7. The summed E-state index contributed by atoms with van der Waals surface area (Å²) >= 11 is 0. The Morgan fingerprint density at radius 1 is 1.00 bits per heavy atom. The van der Waals surface area contributed by atoms with Crippen LogP contribution in [0.3, 0.4) is 0 Å². The van der Waals surface area contributed by atoms with Crippen LogP contribution >= 0.6 is 0 Å². The first-order chi connectivity index (χ1) is 15.1. The van der Waals surface area contributed by atoms with Gasteiger partial charge in [-0.2, -0.15) is 0 Å². The van der Waals surface area contributed by atoms with E-state index in [1.165, 1.54) is 6.07 Å². The zero-order valence-electron chi connectivity index (χ0n) is 17.9. The highest BCUT2D eigenvalue weighted by molar-refractivity contribution is 6.03. The van der Waals surface area contributed by atoms with Crippen molar-refractivity contribution in [3.63, 3.8) is 0 Å². The fourth-order valence-electron chi connectivity index (χ4n) is 4.45. The van der Waals surface area contributed by atoms with E-state index in [4.69, 9.17) is 0 Å². The standard InChI is InChI=1S/C24H29FN4O2/c1-2-23(30)29-20-9-5-3-7-18(20)17-22(29)24(31)26-11-12-27-13-15-28(16-14-27)21-10-6-4-8-19(21)25/h3-10,22H,2,11-17H2,1H3,(H,26,31)/t22-/m0/s1. The number of nitrogens with zero attached hydrogens (tertiary/aromatic N) is 3. The molecule has 1 saturated heterocycles. The first kappa shape index (κ1) is 21.3. The van der Waals surface area contributed by atoms with E-state index in [1.807, 2.05) is 43.3 Å². The Morgan fingerprint density at radius 2 is 1.68 bits per heavy atom. The van der Waals surface area contributed by atoms with Crippen LogP contribution in [0, 0.1) is 5.82 Å². The molecule has 1 atom stereocenters. The number of halogens is 1. The molecule has 31 heavy (non-hydrogen) atoms. The van der Waals surface area contributed by atoms with Gasteiger partial charge in [-0.3, -0.25) is 19.4 Å². The molecule has 164 valence electrons. The molecule has 2 amide bonds. The lowest BCUT2D eigenvalue weighted by molar-refractivity contribution is -0.126. The van der Waals surface area contributed by atoms with Gasteiger partial charge >= 0.3 is 0 Å². The van der Waals surface area contributed by atoms with Crippen molar-refractivity contribution in [1.82, 2.24) is 10.2 Å². The van der Waals surface area contributed by atoms with Gasteiger partial charge in [-0.15, -0.1) is 0 Å². The largest absolute Gasteiger partial charge is 0.367 e. The molecule has 6 nitrogen and oxygen atoms in total. The number of amides is 2. The van der Waals surface area contributed by atoms with Crippen molar-refractivity contribution < 1.29 is 14.0 Å². The SMILES string of the molecule is CCC(=O)N1c2ccccc2C[C@H]1C(=O)NCCN1CCN(c2ccccc2F)CC1. The first-order valence-electron chi connectivity index (χ1n) is 11.0. The van der Waals surface area contributed by atoms with Crippen molar-refractivity contribution in [1.29, 1.82) is 0 Å². The minimum Gasteiger partial charge on any atom is -0.367 e. The number of para-hydroxylation sites is 2. The molecular formula is C24H29FN4O2. The lowest BCUT2D eigenvalue weighted by atomic mass is 10.1. The summed E-state index contributed by atoms with van der Waals surface area (Å²) in [4.78, 5) is 31.4. The number of carbonyl (C=O) groups is 2. The Bertz CT molecular complexity index is 943. The predicted molar refractivity (Wildman–Crippen MR) is 120 cm³/mol. The lowest BCUT2D eigenvalue weighted by Gasteiger charge is -2.36. The number of piperazine rings is 1. The van der Waals surface area contributed by atoms with E-state index in [0.29, 0.717) is 25.1 Å². The molecule has 0 aromatic heterocycles. The zero-order valence-corrected chi connectivity index (χ0v) is 17.9. The van der Waals surface area contributed by atoms with Crippen molar-refractivity contribution in [2.24, 2.45) is 0 Å². The van der Waals surface area contributed by atoms with Crippen LogP contribution in [0.15, 0.2) is 48.5 Å². The third-order valence-electron chi connectivity index (χ3n) is 6.14. The highest BCUT2D eigenvalue weighted by Crippen LogP contribution is 2.32. The average molecular weight is 425 g/mol. The number of benzene rings is 2. The number of anilines is 2. The van der Waals surface area contributed by atoms with Crippen molar-refractivity contribution in [3.05, 3.63) is 59.9 Å². The van der Waals surface area contributed by atoms with Crippen LogP contribution < -0.4 is 15.1 Å². The van der Waals surface area contributed by atoms with E-state index >= 15 is 0 Å². The number of nitrogens with one attached hydrogen (secondary N) is 1. The summed E-state index contributed by atoms with van der Waals surface area (Å²) in [5.74, 6) is -0.329. The highest BCUT2D eigenvalue weighted by atomic mass is 19.1. The molecule has 0 saturated carbocycles. The summed E-state index contributed by atoms with van der Waals surface area (Å²) in [6.45, 7) is 6.23. The van der Waals surface area contributed by atoms with Gasteiger partial charge in [0.2, 0.25) is 11.8 Å². The summed E-state index contributed by atoms with van der Waals surface area (Å²) < 4.78 is 14.0. The number of hydrogen-bond donors (Lipinski definition) is 1. The van der Waals surface area contributed by atoms with E-state index in [1.54, 1.807) is 11.0 Å². The fraction of sp³-hybridized carbons (Fsp3) is 0.417. The van der Waals surface area contributed by atoms with Crippen LogP contribution in [0.25, 0.3) is 0 Å². The smallest absolute Gasteiger partial charge is 0.243 e. The molecule has 1 fully saturated rings. The molecule has 2 aromatic carbocycles. The van der Waals surface area contributed by atoms with Crippen LogP contribution in [0.1, 0.15) is 18.9 Å². The third-order valence-corrected chi connectivity index (χ3v) is 6.14. The van der Waals surface area contributed by atoms with E-state index in [2.05, 4.69) is 15.1 Å². The summed E-state index contributed by atoms with van der Waals surface area (Å²) in [6.07, 6.45) is 0.916. The van der Waals surface area contributed by atoms with Gasteiger partial charge in [0.25, 0.3) is 0 Å². The van der Waals surface area contributed by atoms with E-state index in [0.717, 1.165) is 44.0 Å². The van der Waals surface area contributed by atoms with Gasteiger partial charge in [0.1, 0.15) is 11.9 Å². The monoisotopic (exact) mass is 424 g/mol. The molecule has 0 radical (unpaired) electrons. The summed E-state index contributed by atoms with van der Waals surface area (Å²) in [5, 5.41) is 3.02. The van der Waals surface area contributed by atoms with Gasteiger partial charge in [0, 0.05) is 57.8 Å². The maximum absolute atomic E-state index is 14.0. The maximum atomic E-state index is 14.0. The quantitative estimate of drug-likeness (QED) is 0.774. The maximum Gasteiger partial charge on any atom is 0.243 e. The molecule has 0 unspecified atom stereocenters. The molecule has 2 aliphatic heterocycles.